The number of pyridine rings is 2. The maximum atomic E-state index is 10.8. The van der Waals surface area contributed by atoms with Gasteiger partial charge in [0, 0.05) is 33.8 Å². The van der Waals surface area contributed by atoms with Gasteiger partial charge in [0.15, 0.2) is 0 Å². The number of phenols is 1. The zero-order valence-corrected chi connectivity index (χ0v) is 19.9. The maximum Gasteiger partial charge on any atom is 0.146 e. The normalized spacial score (nSPS) is 11.4. The largest absolute Gasteiger partial charge is 0.507 e. The molecule has 0 bridgehead atoms. The number of aryl methyl sites for hydroxylation is 3. The second-order valence-corrected chi connectivity index (χ2v) is 9.17. The van der Waals surface area contributed by atoms with Crippen LogP contribution in [0.3, 0.4) is 0 Å². The average Bonchev–Trinajstić information content (AvgIpc) is 3.20. The first-order valence-electron chi connectivity index (χ1n) is 11.7. The van der Waals surface area contributed by atoms with E-state index >= 15 is 0 Å². The van der Waals surface area contributed by atoms with Gasteiger partial charge < -0.3 is 5.11 Å². The van der Waals surface area contributed by atoms with Crippen LogP contribution < -0.4 is 0 Å². The lowest BCUT2D eigenvalue weighted by molar-refractivity contribution is 0.473. The summed E-state index contributed by atoms with van der Waals surface area (Å²) >= 11 is 0. The first-order valence-corrected chi connectivity index (χ1v) is 11.7. The van der Waals surface area contributed by atoms with Gasteiger partial charge in [-0.05, 0) is 92.1 Å². The molecule has 170 valence electrons. The number of aromatic nitrogens is 3. The number of para-hydroxylation sites is 1. The van der Waals surface area contributed by atoms with E-state index in [0.29, 0.717) is 0 Å². The second kappa shape index (κ2) is 8.10. The van der Waals surface area contributed by atoms with Crippen LogP contribution in [0.2, 0.25) is 0 Å². The van der Waals surface area contributed by atoms with Gasteiger partial charge in [0.2, 0.25) is 0 Å². The van der Waals surface area contributed by atoms with Crippen LogP contribution in [-0.2, 0) is 0 Å². The zero-order valence-electron chi connectivity index (χ0n) is 19.9. The molecule has 3 heterocycles. The predicted molar refractivity (Wildman–Crippen MR) is 143 cm³/mol. The van der Waals surface area contributed by atoms with Crippen molar-refractivity contribution in [1.29, 1.82) is 0 Å². The Labute approximate surface area is 204 Å². The van der Waals surface area contributed by atoms with Gasteiger partial charge in [0.05, 0.1) is 16.9 Å². The molecule has 4 heteroatoms. The van der Waals surface area contributed by atoms with E-state index in [0.717, 1.165) is 66.8 Å². The number of fused-ring (bicyclic) bond motifs is 3. The number of rotatable bonds is 3. The summed E-state index contributed by atoms with van der Waals surface area (Å²) in [5.74, 6) is 0.276. The number of hydrogen-bond acceptors (Lipinski definition) is 3. The first kappa shape index (κ1) is 21.1. The van der Waals surface area contributed by atoms with E-state index < -0.39 is 0 Å². The number of benzene rings is 3. The molecule has 0 unspecified atom stereocenters. The fourth-order valence-electron chi connectivity index (χ4n) is 4.98. The van der Waals surface area contributed by atoms with E-state index in [9.17, 15) is 5.11 Å². The minimum Gasteiger partial charge on any atom is -0.507 e. The van der Waals surface area contributed by atoms with Gasteiger partial charge in [0.1, 0.15) is 11.4 Å². The summed E-state index contributed by atoms with van der Waals surface area (Å²) in [4.78, 5) is 9.69. The molecule has 0 spiro atoms. The molecule has 0 atom stereocenters. The lowest BCUT2D eigenvalue weighted by Crippen LogP contribution is -1.98. The maximum absolute atomic E-state index is 10.8. The highest BCUT2D eigenvalue weighted by Crippen LogP contribution is 2.37. The molecular formula is C31H25N3O. The highest BCUT2D eigenvalue weighted by atomic mass is 16.3. The third-order valence-electron chi connectivity index (χ3n) is 6.52. The molecular weight excluding hydrogens is 430 g/mol. The van der Waals surface area contributed by atoms with E-state index in [1.165, 1.54) is 0 Å². The van der Waals surface area contributed by atoms with Crippen LogP contribution in [0.25, 0.3) is 50.1 Å². The SMILES string of the molecule is Cc1cc(-c2ccccn2)cc(-n2c3ccccc3c3ccc(-c4cc(C)cc(C)c4O)nc32)c1. The van der Waals surface area contributed by atoms with Crippen LogP contribution in [0.4, 0.5) is 0 Å². The van der Waals surface area contributed by atoms with Crippen LogP contribution >= 0.6 is 0 Å². The molecule has 0 saturated heterocycles. The molecule has 0 radical (unpaired) electrons. The number of aromatic hydroxyl groups is 1. The van der Waals surface area contributed by atoms with E-state index in [1.807, 2.05) is 56.4 Å². The average molecular weight is 456 g/mol. The van der Waals surface area contributed by atoms with Gasteiger partial charge >= 0.3 is 0 Å². The van der Waals surface area contributed by atoms with Gasteiger partial charge in [-0.25, -0.2) is 4.98 Å². The molecule has 0 saturated carbocycles. The van der Waals surface area contributed by atoms with Gasteiger partial charge in [-0.15, -0.1) is 0 Å². The Balaban J connectivity index is 1.66. The lowest BCUT2D eigenvalue weighted by Gasteiger charge is -2.12. The summed E-state index contributed by atoms with van der Waals surface area (Å²) in [6.07, 6.45) is 1.82. The Hall–Kier alpha value is -4.44. The monoisotopic (exact) mass is 455 g/mol. The van der Waals surface area contributed by atoms with E-state index in [2.05, 4.69) is 65.0 Å². The number of hydrogen-bond donors (Lipinski definition) is 1. The minimum absolute atomic E-state index is 0.276. The highest BCUT2D eigenvalue weighted by molar-refractivity contribution is 6.08. The first-order chi connectivity index (χ1) is 17.0. The number of nitrogens with zero attached hydrogens (tertiary/aromatic N) is 3. The molecule has 3 aromatic heterocycles. The van der Waals surface area contributed by atoms with E-state index in [1.54, 1.807) is 0 Å². The van der Waals surface area contributed by atoms with Gasteiger partial charge in [-0.2, -0.15) is 0 Å². The van der Waals surface area contributed by atoms with Crippen LogP contribution in [0.5, 0.6) is 5.75 Å². The van der Waals surface area contributed by atoms with Crippen molar-refractivity contribution in [1.82, 2.24) is 14.5 Å². The van der Waals surface area contributed by atoms with E-state index in [-0.39, 0.29) is 5.75 Å². The Morgan fingerprint density at radius 1 is 0.714 bits per heavy atom. The molecule has 0 aliphatic rings. The molecule has 4 nitrogen and oxygen atoms in total. The quantitative estimate of drug-likeness (QED) is 0.300. The molecule has 0 fully saturated rings. The number of phenolic OH excluding ortho intramolecular Hbond substituents is 1. The van der Waals surface area contributed by atoms with Crippen molar-refractivity contribution in [2.45, 2.75) is 20.8 Å². The smallest absolute Gasteiger partial charge is 0.146 e. The molecule has 3 aromatic carbocycles. The van der Waals surface area contributed by atoms with Crippen molar-refractivity contribution in [2.75, 3.05) is 0 Å². The summed E-state index contributed by atoms with van der Waals surface area (Å²) in [6.45, 7) is 6.07. The molecule has 0 amide bonds. The summed E-state index contributed by atoms with van der Waals surface area (Å²) in [5.41, 5.74) is 9.58. The van der Waals surface area contributed by atoms with E-state index in [4.69, 9.17) is 4.98 Å². The molecule has 6 rings (SSSR count). The second-order valence-electron chi connectivity index (χ2n) is 9.17. The fourth-order valence-corrected chi connectivity index (χ4v) is 4.98. The summed E-state index contributed by atoms with van der Waals surface area (Å²) in [6, 6.07) is 29.0. The topological polar surface area (TPSA) is 50.9 Å². The third kappa shape index (κ3) is 3.55. The summed E-state index contributed by atoms with van der Waals surface area (Å²) in [5, 5.41) is 13.0. The van der Waals surface area contributed by atoms with Crippen molar-refractivity contribution < 1.29 is 5.11 Å². The molecule has 1 N–H and O–H groups in total. The predicted octanol–water partition coefficient (Wildman–Crippen LogP) is 7.54. The summed E-state index contributed by atoms with van der Waals surface area (Å²) in [7, 11) is 0. The Bertz CT molecular complexity index is 1730. The van der Waals surface area contributed by atoms with Crippen LogP contribution in [-0.4, -0.2) is 19.6 Å². The Kier molecular flexibility index (Phi) is 4.89. The van der Waals surface area contributed by atoms with Gasteiger partial charge in [-0.3, -0.25) is 9.55 Å². The van der Waals surface area contributed by atoms with Crippen molar-refractivity contribution in [2.24, 2.45) is 0 Å². The third-order valence-corrected chi connectivity index (χ3v) is 6.52. The van der Waals surface area contributed by atoms with Crippen molar-refractivity contribution >= 4 is 21.9 Å². The van der Waals surface area contributed by atoms with Crippen molar-refractivity contribution in [3.05, 3.63) is 108 Å². The highest BCUT2D eigenvalue weighted by Gasteiger charge is 2.17. The minimum atomic E-state index is 0.276. The molecule has 6 aromatic rings. The van der Waals surface area contributed by atoms with Crippen LogP contribution in [0.1, 0.15) is 16.7 Å². The van der Waals surface area contributed by atoms with Crippen LogP contribution in [0, 0.1) is 20.8 Å². The molecule has 0 aliphatic heterocycles. The fraction of sp³-hybridized carbons (Fsp3) is 0.0968. The van der Waals surface area contributed by atoms with Gasteiger partial charge in [-0.1, -0.05) is 30.3 Å². The van der Waals surface area contributed by atoms with Crippen molar-refractivity contribution in [3.8, 4) is 34.0 Å². The van der Waals surface area contributed by atoms with Crippen molar-refractivity contribution in [3.63, 3.8) is 0 Å². The standard InChI is InChI=1S/C31H25N3O/c1-19-14-21(3)30(35)26(17-19)28-12-11-25-24-8-4-5-10-29(24)34(31(25)33-28)23-16-20(2)15-22(18-23)27-9-6-7-13-32-27/h4-18,35H,1-3H3. The lowest BCUT2D eigenvalue weighted by atomic mass is 10.0. The zero-order chi connectivity index (χ0) is 24.1. The Morgan fingerprint density at radius 3 is 2.34 bits per heavy atom. The summed E-state index contributed by atoms with van der Waals surface area (Å²) < 4.78 is 2.22. The van der Waals surface area contributed by atoms with Crippen LogP contribution in [0.15, 0.2) is 91.1 Å². The molecule has 0 aliphatic carbocycles. The van der Waals surface area contributed by atoms with Gasteiger partial charge in [0.25, 0.3) is 0 Å². The Morgan fingerprint density at radius 2 is 1.51 bits per heavy atom. The molecule has 35 heavy (non-hydrogen) atoms.